The van der Waals surface area contributed by atoms with Crippen LogP contribution in [0, 0.1) is 0 Å². The first kappa shape index (κ1) is 45.6. The topological polar surface area (TPSA) is 85.3 Å². The number of carbonyl (C=O) groups excluding carboxylic acids is 2. The fraction of sp³-hybridized carbons (Fsp3) is 0.429. The third-order valence-electron chi connectivity index (χ3n) is 7.99. The second-order valence-corrected chi connectivity index (χ2v) is 11.4. The molecule has 2 aromatic carbocycles. The number of amides is 1. The number of allylic oxidation sites excluding steroid dienone is 4. The molecule has 1 aliphatic rings. The maximum absolute atomic E-state index is 14.0. The lowest BCUT2D eigenvalue weighted by Gasteiger charge is -2.33. The molecule has 3 rings (SSSR count). The van der Waals surface area contributed by atoms with Crippen LogP contribution in [0.15, 0.2) is 65.3 Å². The number of benzene rings is 2. The quantitative estimate of drug-likeness (QED) is 0.117. The number of carbonyl (C=O) groups is 2. The molecule has 2 aromatic rings. The Morgan fingerprint density at radius 2 is 1.46 bits per heavy atom. The maximum Gasteiger partial charge on any atom is 0.420 e. The number of hydrogen-bond donors (Lipinski definition) is 1. The Morgan fingerprint density at radius 1 is 0.815 bits per heavy atom. The second-order valence-electron chi connectivity index (χ2n) is 11.4. The molecule has 0 radical (unpaired) electrons. The normalized spacial score (nSPS) is 15.0. The van der Waals surface area contributed by atoms with E-state index in [-0.39, 0.29) is 48.6 Å². The van der Waals surface area contributed by atoms with Crippen molar-refractivity contribution in [2.75, 3.05) is 27.9 Å². The van der Waals surface area contributed by atoms with Gasteiger partial charge in [-0.25, -0.2) is 0 Å². The summed E-state index contributed by atoms with van der Waals surface area (Å²) >= 11 is 0. The summed E-state index contributed by atoms with van der Waals surface area (Å²) in [5.74, 6) is -1.21. The van der Waals surface area contributed by atoms with Crippen molar-refractivity contribution in [3.05, 3.63) is 82.0 Å². The van der Waals surface area contributed by atoms with Crippen LogP contribution in [0.1, 0.15) is 42.9 Å². The van der Waals surface area contributed by atoms with Crippen molar-refractivity contribution in [2.45, 2.75) is 69.6 Å². The van der Waals surface area contributed by atoms with Crippen molar-refractivity contribution in [1.82, 2.24) is 4.90 Å². The number of halogens is 12. The van der Waals surface area contributed by atoms with Gasteiger partial charge in [-0.2, -0.15) is 52.7 Å². The van der Waals surface area contributed by atoms with Gasteiger partial charge in [0, 0.05) is 38.3 Å². The van der Waals surface area contributed by atoms with Gasteiger partial charge in [0.25, 0.3) is 0 Å². The summed E-state index contributed by atoms with van der Waals surface area (Å²) in [6, 6.07) is 2.22. The third kappa shape index (κ3) is 11.7. The fourth-order valence-electron chi connectivity index (χ4n) is 5.37. The molecule has 0 saturated heterocycles. The number of aliphatic hydroxyl groups is 1. The number of rotatable bonds is 14. The van der Waals surface area contributed by atoms with Crippen molar-refractivity contribution in [3.63, 3.8) is 0 Å². The minimum Gasteiger partial charge on any atom is -0.496 e. The van der Waals surface area contributed by atoms with Gasteiger partial charge >= 0.3 is 24.7 Å². The van der Waals surface area contributed by atoms with Gasteiger partial charge in [-0.3, -0.25) is 4.79 Å². The Labute approximate surface area is 301 Å². The number of aliphatic hydroxyl groups excluding tert-OH is 1. The van der Waals surface area contributed by atoms with Gasteiger partial charge < -0.3 is 29.0 Å². The lowest BCUT2D eigenvalue weighted by atomic mass is 9.93. The first-order valence-corrected chi connectivity index (χ1v) is 15.6. The van der Waals surface area contributed by atoms with E-state index in [1.165, 1.54) is 6.92 Å². The number of hydrogen-bond acceptors (Lipinski definition) is 6. The number of nitrogens with zero attached hydrogens (tertiary/aromatic N) is 1. The molecule has 0 aliphatic heterocycles. The number of aldehydes is 1. The van der Waals surface area contributed by atoms with E-state index in [1.54, 1.807) is 0 Å². The molecule has 2 atom stereocenters. The number of unbranched alkanes of at least 4 members (excludes halogenated alkanes) is 1. The maximum atomic E-state index is 14.0. The van der Waals surface area contributed by atoms with Crippen LogP contribution in [-0.2, 0) is 33.2 Å². The predicted molar refractivity (Wildman–Crippen MR) is 170 cm³/mol. The summed E-state index contributed by atoms with van der Waals surface area (Å²) in [6.07, 6.45) is -21.1. The standard InChI is InChI=1S/C34H31F12NO5.CH4O/c1-19(30(51-3)20-6-7-23(32(38,39)40)14-24(12-20)33(41,42)43)47(18-49)17-21-13-22(31(35,36)37)8-9-25(21)26-15-29(52-11-5-4-10-48)27(34(44,45)46)16-28(26)50-2;1-2/h6,8-10,12-16,18-19,30H,4-5,7,11,17H2,1-3H3;2H,1H3. The zero-order valence-electron chi connectivity index (χ0n) is 28.9. The van der Waals surface area contributed by atoms with Crippen molar-refractivity contribution in [3.8, 4) is 22.6 Å². The van der Waals surface area contributed by atoms with Crippen molar-refractivity contribution in [1.29, 1.82) is 0 Å². The van der Waals surface area contributed by atoms with Gasteiger partial charge in [0.05, 0.1) is 30.9 Å². The number of methoxy groups -OCH3 is 2. The van der Waals surface area contributed by atoms with E-state index in [9.17, 15) is 62.3 Å². The molecule has 1 amide bonds. The zero-order chi connectivity index (χ0) is 41.2. The van der Waals surface area contributed by atoms with E-state index >= 15 is 0 Å². The highest BCUT2D eigenvalue weighted by molar-refractivity contribution is 5.76. The van der Waals surface area contributed by atoms with Crippen LogP contribution in [0.3, 0.4) is 0 Å². The Balaban J connectivity index is 0.00000495. The van der Waals surface area contributed by atoms with Crippen LogP contribution in [0.5, 0.6) is 11.5 Å². The van der Waals surface area contributed by atoms with Crippen LogP contribution in [-0.4, -0.2) is 75.1 Å². The highest BCUT2D eigenvalue weighted by atomic mass is 19.4. The van der Waals surface area contributed by atoms with Gasteiger partial charge in [0.1, 0.15) is 29.5 Å². The molecule has 1 N–H and O–H groups in total. The molecule has 1 aliphatic carbocycles. The Morgan fingerprint density at radius 3 is 1.96 bits per heavy atom. The molecule has 0 spiro atoms. The molecule has 54 heavy (non-hydrogen) atoms. The lowest BCUT2D eigenvalue weighted by Crippen LogP contribution is -2.42. The summed E-state index contributed by atoms with van der Waals surface area (Å²) in [6.45, 7) is 0.131. The third-order valence-corrected chi connectivity index (χ3v) is 7.99. The van der Waals surface area contributed by atoms with Crippen LogP contribution < -0.4 is 9.47 Å². The molecule has 19 heteroatoms. The fourth-order valence-corrected chi connectivity index (χ4v) is 5.37. The zero-order valence-corrected chi connectivity index (χ0v) is 28.9. The first-order valence-electron chi connectivity index (χ1n) is 15.6. The SMILES string of the molecule is CO.COc1cc(C(F)(F)F)c(OCCCC=O)cc1-c1ccc(C(F)(F)F)cc1CN(C=O)C(C)C(OC)C1=CCC(C(F)(F)F)=CC(C(F)(F)F)=C1. The summed E-state index contributed by atoms with van der Waals surface area (Å²) in [5.41, 5.74) is -6.85. The number of ether oxygens (including phenoxy) is 3. The van der Waals surface area contributed by atoms with E-state index in [2.05, 4.69) is 0 Å². The van der Waals surface area contributed by atoms with Gasteiger partial charge in [-0.15, -0.1) is 0 Å². The molecule has 2 unspecified atom stereocenters. The average Bonchev–Trinajstić information content (AvgIpc) is 3.33. The minimum absolute atomic E-state index is 0.0320. The van der Waals surface area contributed by atoms with Crippen molar-refractivity contribution < 1.29 is 81.6 Å². The van der Waals surface area contributed by atoms with Crippen molar-refractivity contribution >= 4 is 12.7 Å². The highest BCUT2D eigenvalue weighted by Crippen LogP contribution is 2.45. The van der Waals surface area contributed by atoms with Gasteiger partial charge in [-0.1, -0.05) is 12.1 Å². The molecule has 0 fully saturated rings. The molecule has 0 bridgehead atoms. The monoisotopic (exact) mass is 793 g/mol. The molecule has 300 valence electrons. The van der Waals surface area contributed by atoms with Crippen LogP contribution in [0.25, 0.3) is 11.1 Å². The van der Waals surface area contributed by atoms with E-state index in [0.717, 1.165) is 44.4 Å². The van der Waals surface area contributed by atoms with Crippen LogP contribution >= 0.6 is 0 Å². The Hall–Kier alpha value is -4.52. The Kier molecular flexibility index (Phi) is 15.8. The van der Waals surface area contributed by atoms with Gasteiger partial charge in [0.15, 0.2) is 0 Å². The van der Waals surface area contributed by atoms with Crippen LogP contribution in [0.2, 0.25) is 0 Å². The van der Waals surface area contributed by atoms with E-state index in [0.29, 0.717) is 30.6 Å². The molecule has 0 aromatic heterocycles. The largest absolute Gasteiger partial charge is 0.496 e. The Bertz CT molecular complexity index is 1690. The molecule has 0 saturated carbocycles. The summed E-state index contributed by atoms with van der Waals surface area (Å²) in [4.78, 5) is 23.9. The summed E-state index contributed by atoms with van der Waals surface area (Å²) in [7, 11) is 2.99. The molecule has 0 heterocycles. The summed E-state index contributed by atoms with van der Waals surface area (Å²) < 4.78 is 181. The van der Waals surface area contributed by atoms with Crippen LogP contribution in [0.4, 0.5) is 52.7 Å². The lowest BCUT2D eigenvalue weighted by molar-refractivity contribution is -0.139. The smallest absolute Gasteiger partial charge is 0.420 e. The number of alkyl halides is 12. The molecular formula is C35H35F12NO6. The summed E-state index contributed by atoms with van der Waals surface area (Å²) in [5, 5.41) is 7.00. The second kappa shape index (κ2) is 18.7. The first-order chi connectivity index (χ1) is 25.1. The predicted octanol–water partition coefficient (Wildman–Crippen LogP) is 9.04. The van der Waals surface area contributed by atoms with Gasteiger partial charge in [0.2, 0.25) is 6.41 Å². The van der Waals surface area contributed by atoms with Crippen molar-refractivity contribution in [2.24, 2.45) is 0 Å². The van der Waals surface area contributed by atoms with E-state index < -0.39 is 89.2 Å². The van der Waals surface area contributed by atoms with Gasteiger partial charge in [-0.05, 0) is 72.9 Å². The minimum atomic E-state index is -5.24. The molecular weight excluding hydrogens is 758 g/mol. The molecule has 7 nitrogen and oxygen atoms in total. The highest BCUT2D eigenvalue weighted by Gasteiger charge is 2.41. The van der Waals surface area contributed by atoms with E-state index in [1.807, 2.05) is 0 Å². The average molecular weight is 794 g/mol. The van der Waals surface area contributed by atoms with E-state index in [4.69, 9.17) is 19.3 Å².